The molecule has 0 saturated carbocycles. The number of nitrogens with zero attached hydrogens (tertiary/aromatic N) is 3. The Morgan fingerprint density at radius 1 is 1.33 bits per heavy atom. The van der Waals surface area contributed by atoms with Gasteiger partial charge in [-0.2, -0.15) is 5.26 Å². The first-order chi connectivity index (χ1) is 10.00. The van der Waals surface area contributed by atoms with Crippen molar-refractivity contribution in [2.75, 3.05) is 11.4 Å². The minimum atomic E-state index is -0.427. The van der Waals surface area contributed by atoms with E-state index in [1.165, 1.54) is 6.20 Å². The van der Waals surface area contributed by atoms with Crippen LogP contribution < -0.4 is 14.4 Å². The van der Waals surface area contributed by atoms with Crippen LogP contribution in [0.25, 0.3) is 0 Å². The molecule has 0 atom stereocenters. The zero-order valence-electron chi connectivity index (χ0n) is 11.9. The summed E-state index contributed by atoms with van der Waals surface area (Å²) in [4.78, 5) is 1.90. The smallest absolute Gasteiger partial charge is 0.285 e. The number of benzene rings is 1. The standard InChI is InChI=1S/C16H15N3O2/c1-16(2)11-18(15-5-3-4-8-19(15)20)13-9-12(10-17)6-7-14(13)21-16/h3-9H,11H2,1-2H3. The van der Waals surface area contributed by atoms with Gasteiger partial charge in [-0.3, -0.25) is 0 Å². The highest BCUT2D eigenvalue weighted by atomic mass is 16.5. The molecule has 0 unspecified atom stereocenters. The second kappa shape index (κ2) is 4.67. The Hall–Kier alpha value is -2.74. The van der Waals surface area contributed by atoms with Gasteiger partial charge >= 0.3 is 0 Å². The van der Waals surface area contributed by atoms with Crippen molar-refractivity contribution in [3.8, 4) is 11.8 Å². The molecule has 5 nitrogen and oxygen atoms in total. The summed E-state index contributed by atoms with van der Waals surface area (Å²) in [6.07, 6.45) is 1.46. The topological polar surface area (TPSA) is 63.2 Å². The van der Waals surface area contributed by atoms with Crippen molar-refractivity contribution in [2.24, 2.45) is 0 Å². The van der Waals surface area contributed by atoms with Crippen molar-refractivity contribution < 1.29 is 9.47 Å². The van der Waals surface area contributed by atoms with Crippen LogP contribution in [-0.2, 0) is 0 Å². The van der Waals surface area contributed by atoms with E-state index in [9.17, 15) is 5.21 Å². The van der Waals surface area contributed by atoms with E-state index in [1.54, 1.807) is 30.3 Å². The van der Waals surface area contributed by atoms with E-state index < -0.39 is 5.60 Å². The van der Waals surface area contributed by atoms with Gasteiger partial charge in [0.1, 0.15) is 12.1 Å². The van der Waals surface area contributed by atoms with Crippen molar-refractivity contribution in [3.05, 3.63) is 53.4 Å². The third-order valence-corrected chi connectivity index (χ3v) is 3.38. The molecule has 0 aliphatic carbocycles. The van der Waals surface area contributed by atoms with Gasteiger partial charge in [0.25, 0.3) is 5.82 Å². The average Bonchev–Trinajstić information content (AvgIpc) is 2.46. The number of rotatable bonds is 1. The van der Waals surface area contributed by atoms with Gasteiger partial charge in [-0.1, -0.05) is 6.07 Å². The Morgan fingerprint density at radius 3 is 2.86 bits per heavy atom. The summed E-state index contributed by atoms with van der Waals surface area (Å²) in [5.41, 5.74) is 0.851. The number of pyridine rings is 1. The van der Waals surface area contributed by atoms with E-state index in [0.717, 1.165) is 10.4 Å². The van der Waals surface area contributed by atoms with Gasteiger partial charge in [0.15, 0.2) is 11.4 Å². The molecule has 0 N–H and O–H groups in total. The van der Waals surface area contributed by atoms with Gasteiger partial charge in [0.05, 0.1) is 17.8 Å². The van der Waals surface area contributed by atoms with Crippen molar-refractivity contribution in [1.82, 2.24) is 0 Å². The van der Waals surface area contributed by atoms with Crippen molar-refractivity contribution >= 4 is 11.5 Å². The Balaban J connectivity index is 2.18. The maximum Gasteiger partial charge on any atom is 0.285 e. The molecule has 21 heavy (non-hydrogen) atoms. The van der Waals surface area contributed by atoms with Gasteiger partial charge < -0.3 is 9.94 Å². The van der Waals surface area contributed by atoms with E-state index in [-0.39, 0.29) is 0 Å². The molecule has 0 spiro atoms. The largest absolute Gasteiger partial charge is 0.711 e. The molecule has 0 bridgehead atoms. The Labute approximate surface area is 123 Å². The van der Waals surface area contributed by atoms with Gasteiger partial charge in [0, 0.05) is 12.1 Å². The summed E-state index contributed by atoms with van der Waals surface area (Å²) in [7, 11) is 0. The molecule has 5 heteroatoms. The molecule has 1 aromatic carbocycles. The van der Waals surface area contributed by atoms with Crippen LogP contribution in [0, 0.1) is 16.5 Å². The molecule has 2 heterocycles. The number of anilines is 2. The molecular weight excluding hydrogens is 266 g/mol. The van der Waals surface area contributed by atoms with Crippen molar-refractivity contribution in [2.45, 2.75) is 19.4 Å². The molecule has 0 saturated heterocycles. The predicted octanol–water partition coefficient (Wildman–Crippen LogP) is 2.50. The number of hydrogen-bond donors (Lipinski definition) is 0. The van der Waals surface area contributed by atoms with Crippen molar-refractivity contribution in [3.63, 3.8) is 0 Å². The molecule has 1 aliphatic heterocycles. The first-order valence-corrected chi connectivity index (χ1v) is 6.69. The summed E-state index contributed by atoms with van der Waals surface area (Å²) in [5.74, 6) is 1.19. The van der Waals surface area contributed by atoms with Crippen LogP contribution in [0.1, 0.15) is 19.4 Å². The van der Waals surface area contributed by atoms with Crippen LogP contribution in [0.4, 0.5) is 11.5 Å². The monoisotopic (exact) mass is 281 g/mol. The maximum atomic E-state index is 12.1. The summed E-state index contributed by atoms with van der Waals surface area (Å²) >= 11 is 0. The number of hydrogen-bond acceptors (Lipinski definition) is 4. The Kier molecular flexibility index (Phi) is 2.95. The zero-order valence-corrected chi connectivity index (χ0v) is 11.9. The summed E-state index contributed by atoms with van der Waals surface area (Å²) < 4.78 is 6.77. The van der Waals surface area contributed by atoms with Crippen LogP contribution in [0.3, 0.4) is 0 Å². The molecule has 1 aliphatic rings. The predicted molar refractivity (Wildman–Crippen MR) is 78.3 cm³/mol. The van der Waals surface area contributed by atoms with Gasteiger partial charge in [0.2, 0.25) is 0 Å². The number of fused-ring (bicyclic) bond motifs is 1. The maximum absolute atomic E-state index is 12.1. The van der Waals surface area contributed by atoms with Crippen molar-refractivity contribution in [1.29, 1.82) is 5.26 Å². The van der Waals surface area contributed by atoms with E-state index in [2.05, 4.69) is 6.07 Å². The van der Waals surface area contributed by atoms with Crippen LogP contribution in [-0.4, -0.2) is 12.1 Å². The molecule has 3 rings (SSSR count). The SMILES string of the molecule is CC1(C)CN(c2cccc[n+]2[O-])c2cc(C#N)ccc2O1. The average molecular weight is 281 g/mol. The van der Waals surface area contributed by atoms with Crippen LogP contribution in [0.2, 0.25) is 0 Å². The third kappa shape index (κ3) is 2.36. The molecule has 2 aromatic rings. The molecular formula is C16H15N3O2. The fraction of sp³-hybridized carbons (Fsp3) is 0.250. The molecule has 0 fully saturated rings. The molecule has 0 radical (unpaired) electrons. The Morgan fingerprint density at radius 2 is 2.14 bits per heavy atom. The normalized spacial score (nSPS) is 15.8. The molecule has 1 aromatic heterocycles. The molecule has 0 amide bonds. The summed E-state index contributed by atoms with van der Waals surface area (Å²) in [6.45, 7) is 4.47. The van der Waals surface area contributed by atoms with Crippen LogP contribution in [0.5, 0.6) is 5.75 Å². The fourth-order valence-corrected chi connectivity index (χ4v) is 2.51. The van der Waals surface area contributed by atoms with E-state index >= 15 is 0 Å². The van der Waals surface area contributed by atoms with E-state index in [1.807, 2.05) is 24.8 Å². The lowest BCUT2D eigenvalue weighted by molar-refractivity contribution is -0.592. The highest BCUT2D eigenvalue weighted by Gasteiger charge is 2.38. The minimum Gasteiger partial charge on any atom is -0.711 e. The van der Waals surface area contributed by atoms with Gasteiger partial charge in [-0.25, -0.2) is 9.63 Å². The lowest BCUT2D eigenvalue weighted by Crippen LogP contribution is -2.48. The number of aromatic nitrogens is 1. The zero-order chi connectivity index (χ0) is 15.0. The molecule has 106 valence electrons. The second-order valence-electron chi connectivity index (χ2n) is 5.63. The van der Waals surface area contributed by atoms with Crippen LogP contribution in [0.15, 0.2) is 42.6 Å². The lowest BCUT2D eigenvalue weighted by Gasteiger charge is -2.36. The number of nitriles is 1. The Bertz CT molecular complexity index is 735. The van der Waals surface area contributed by atoms with Gasteiger partial charge in [-0.05, 0) is 32.0 Å². The quantitative estimate of drug-likeness (QED) is 0.595. The van der Waals surface area contributed by atoms with E-state index in [0.29, 0.717) is 23.7 Å². The number of ether oxygens (including phenoxy) is 1. The van der Waals surface area contributed by atoms with E-state index in [4.69, 9.17) is 10.00 Å². The summed E-state index contributed by atoms with van der Waals surface area (Å²) in [5, 5.41) is 21.1. The third-order valence-electron chi connectivity index (χ3n) is 3.38. The second-order valence-corrected chi connectivity index (χ2v) is 5.63. The highest BCUT2D eigenvalue weighted by molar-refractivity contribution is 5.69. The fourth-order valence-electron chi connectivity index (χ4n) is 2.51. The van der Waals surface area contributed by atoms with Gasteiger partial charge in [-0.15, -0.1) is 0 Å². The first-order valence-electron chi connectivity index (χ1n) is 6.69. The first kappa shape index (κ1) is 13.3. The van der Waals surface area contributed by atoms with Crippen LogP contribution >= 0.6 is 0 Å². The summed E-state index contributed by atoms with van der Waals surface area (Å²) in [6, 6.07) is 12.6. The minimum absolute atomic E-state index is 0.427. The highest BCUT2D eigenvalue weighted by Crippen LogP contribution is 2.40. The lowest BCUT2D eigenvalue weighted by atomic mass is 10.0.